The maximum absolute atomic E-state index is 11.7. The molecule has 0 radical (unpaired) electrons. The van der Waals surface area contributed by atoms with E-state index in [1.54, 1.807) is 13.0 Å². The van der Waals surface area contributed by atoms with Crippen LogP contribution in [0.4, 0.5) is 0 Å². The molecule has 19 heavy (non-hydrogen) atoms. The van der Waals surface area contributed by atoms with Crippen molar-refractivity contribution >= 4 is 23.4 Å². The molecule has 0 saturated carbocycles. The van der Waals surface area contributed by atoms with Crippen LogP contribution in [-0.2, 0) is 9.53 Å². The first-order valence-corrected chi connectivity index (χ1v) is 5.87. The van der Waals surface area contributed by atoms with E-state index >= 15 is 0 Å². The number of carbonyl (C=O) groups excluding carboxylic acids is 2. The van der Waals surface area contributed by atoms with Gasteiger partial charge in [0.2, 0.25) is 0 Å². The third-order valence-corrected chi connectivity index (χ3v) is 2.64. The minimum atomic E-state index is -0.896. The van der Waals surface area contributed by atoms with Gasteiger partial charge in [-0.3, -0.25) is 4.79 Å². The normalized spacial score (nSPS) is 10.2. The summed E-state index contributed by atoms with van der Waals surface area (Å²) in [6.45, 7) is 1.78. The van der Waals surface area contributed by atoms with Gasteiger partial charge in [-0.2, -0.15) is 5.10 Å². The highest BCUT2D eigenvalue weighted by Crippen LogP contribution is 2.21. The van der Waals surface area contributed by atoms with Gasteiger partial charge in [0.1, 0.15) is 12.7 Å². The number of ether oxygens (including phenoxy) is 1. The number of ketones is 1. The average molecular weight is 280 g/mol. The zero-order chi connectivity index (χ0) is 13.8. The maximum Gasteiger partial charge on any atom is 0.379 e. The zero-order valence-corrected chi connectivity index (χ0v) is 10.8. The monoisotopic (exact) mass is 279 g/mol. The topological polar surface area (TPSA) is 74.1 Å². The van der Waals surface area contributed by atoms with Crippen molar-refractivity contribution in [2.24, 2.45) is 0 Å². The molecule has 0 unspecified atom stereocenters. The first-order valence-electron chi connectivity index (χ1n) is 5.49. The number of esters is 1. The van der Waals surface area contributed by atoms with E-state index in [2.05, 4.69) is 14.8 Å². The van der Waals surface area contributed by atoms with E-state index in [9.17, 15) is 9.59 Å². The first-order chi connectivity index (χ1) is 9.13. The lowest BCUT2D eigenvalue weighted by atomic mass is 10.1. The summed E-state index contributed by atoms with van der Waals surface area (Å²) in [6.07, 6.45) is 2.85. The summed E-state index contributed by atoms with van der Waals surface area (Å²) < 4.78 is 6.10. The van der Waals surface area contributed by atoms with E-state index in [1.165, 1.54) is 29.5 Å². The van der Waals surface area contributed by atoms with Crippen molar-refractivity contribution in [1.29, 1.82) is 0 Å². The summed E-state index contributed by atoms with van der Waals surface area (Å²) in [5, 5.41) is 4.22. The Bertz CT molecular complexity index is 611. The highest BCUT2D eigenvalue weighted by Gasteiger charge is 2.18. The molecule has 0 spiro atoms. The van der Waals surface area contributed by atoms with Crippen LogP contribution in [0.2, 0.25) is 5.02 Å². The predicted octanol–water partition coefficient (Wildman–Crippen LogP) is 1.67. The van der Waals surface area contributed by atoms with Gasteiger partial charge in [-0.05, 0) is 25.1 Å². The van der Waals surface area contributed by atoms with Crippen LogP contribution >= 0.6 is 11.6 Å². The molecule has 0 N–H and O–H groups in total. The molecule has 0 atom stereocenters. The van der Waals surface area contributed by atoms with E-state index < -0.39 is 11.8 Å². The Hall–Kier alpha value is -2.21. The Kier molecular flexibility index (Phi) is 3.91. The van der Waals surface area contributed by atoms with E-state index in [0.717, 1.165) is 0 Å². The van der Waals surface area contributed by atoms with Crippen LogP contribution in [-0.4, -0.2) is 33.1 Å². The van der Waals surface area contributed by atoms with Gasteiger partial charge >= 0.3 is 5.97 Å². The quantitative estimate of drug-likeness (QED) is 0.483. The lowest BCUT2D eigenvalue weighted by Gasteiger charge is -2.06. The molecule has 0 aliphatic rings. The van der Waals surface area contributed by atoms with E-state index in [-0.39, 0.29) is 12.2 Å². The summed E-state index contributed by atoms with van der Waals surface area (Å²) in [5.41, 5.74) is 0.742. The standard InChI is InChI=1S/C12H10ClN3O3/c1-2-19-12(18)11(17)8-3-4-10(9(13)5-8)16-7-14-6-15-16/h3-7H,2H2,1H3. The number of benzene rings is 1. The van der Waals surface area contributed by atoms with Crippen LogP contribution in [0.3, 0.4) is 0 Å². The SMILES string of the molecule is CCOC(=O)C(=O)c1ccc(-n2cncn2)c(Cl)c1. The van der Waals surface area contributed by atoms with Gasteiger partial charge in [0.15, 0.2) is 0 Å². The van der Waals surface area contributed by atoms with E-state index in [0.29, 0.717) is 10.7 Å². The number of hydrogen-bond donors (Lipinski definition) is 0. The second kappa shape index (κ2) is 5.62. The Balaban J connectivity index is 2.29. The average Bonchev–Trinajstić information content (AvgIpc) is 2.91. The number of carbonyl (C=O) groups is 2. The van der Waals surface area contributed by atoms with E-state index in [1.807, 2.05) is 0 Å². The lowest BCUT2D eigenvalue weighted by Crippen LogP contribution is -2.17. The Morgan fingerprint density at radius 3 is 2.79 bits per heavy atom. The van der Waals surface area contributed by atoms with Crippen LogP contribution in [0, 0.1) is 0 Å². The van der Waals surface area contributed by atoms with Crippen molar-refractivity contribution < 1.29 is 14.3 Å². The van der Waals surface area contributed by atoms with Crippen molar-refractivity contribution in [3.05, 3.63) is 41.4 Å². The van der Waals surface area contributed by atoms with Crippen LogP contribution in [0.1, 0.15) is 17.3 Å². The van der Waals surface area contributed by atoms with Crippen LogP contribution in [0.15, 0.2) is 30.9 Å². The van der Waals surface area contributed by atoms with Crippen molar-refractivity contribution in [2.45, 2.75) is 6.92 Å². The van der Waals surface area contributed by atoms with Crippen molar-refractivity contribution in [2.75, 3.05) is 6.61 Å². The maximum atomic E-state index is 11.7. The van der Waals surface area contributed by atoms with Gasteiger partial charge < -0.3 is 4.74 Å². The molecule has 0 saturated heterocycles. The van der Waals surface area contributed by atoms with Gasteiger partial charge in [-0.15, -0.1) is 0 Å². The van der Waals surface area contributed by atoms with Crippen LogP contribution in [0.25, 0.3) is 5.69 Å². The number of hydrogen-bond acceptors (Lipinski definition) is 5. The largest absolute Gasteiger partial charge is 0.460 e. The fourth-order valence-corrected chi connectivity index (χ4v) is 1.75. The molecule has 0 aliphatic heterocycles. The van der Waals surface area contributed by atoms with Gasteiger partial charge in [-0.1, -0.05) is 11.6 Å². The molecule has 0 amide bonds. The molecule has 1 aromatic carbocycles. The lowest BCUT2D eigenvalue weighted by molar-refractivity contribution is -0.137. The molecule has 98 valence electrons. The number of Topliss-reactive ketones (excluding diaryl/α,β-unsaturated/α-hetero) is 1. The fourth-order valence-electron chi connectivity index (χ4n) is 1.48. The van der Waals surface area contributed by atoms with Gasteiger partial charge in [0.05, 0.1) is 17.3 Å². The first kappa shape index (κ1) is 13.2. The Morgan fingerprint density at radius 2 is 2.21 bits per heavy atom. The molecule has 0 aliphatic carbocycles. The Labute approximate surface area is 114 Å². The third-order valence-electron chi connectivity index (χ3n) is 2.34. The summed E-state index contributed by atoms with van der Waals surface area (Å²) in [6, 6.07) is 4.48. The molecular weight excluding hydrogens is 270 g/mol. The molecule has 0 bridgehead atoms. The fraction of sp³-hybridized carbons (Fsp3) is 0.167. The van der Waals surface area contributed by atoms with E-state index in [4.69, 9.17) is 11.6 Å². The van der Waals surface area contributed by atoms with Gasteiger partial charge in [-0.25, -0.2) is 14.5 Å². The molecule has 7 heteroatoms. The highest BCUT2D eigenvalue weighted by atomic mass is 35.5. The molecule has 2 aromatic rings. The summed E-state index contributed by atoms with van der Waals surface area (Å²) in [5.74, 6) is -1.62. The molecule has 0 fully saturated rings. The second-order valence-electron chi connectivity index (χ2n) is 3.56. The van der Waals surface area contributed by atoms with Gasteiger partial charge in [0.25, 0.3) is 5.78 Å². The molecule has 6 nitrogen and oxygen atoms in total. The smallest absolute Gasteiger partial charge is 0.379 e. The highest BCUT2D eigenvalue weighted by molar-refractivity contribution is 6.41. The van der Waals surface area contributed by atoms with Crippen molar-refractivity contribution in [1.82, 2.24) is 14.8 Å². The van der Waals surface area contributed by atoms with Gasteiger partial charge in [0, 0.05) is 5.56 Å². The van der Waals surface area contributed by atoms with Crippen LogP contribution < -0.4 is 0 Å². The third kappa shape index (κ3) is 2.79. The number of nitrogens with zero attached hydrogens (tertiary/aromatic N) is 3. The zero-order valence-electron chi connectivity index (χ0n) is 10.0. The molecule has 1 aromatic heterocycles. The van der Waals surface area contributed by atoms with Crippen molar-refractivity contribution in [3.63, 3.8) is 0 Å². The second-order valence-corrected chi connectivity index (χ2v) is 3.96. The molecular formula is C12H10ClN3O3. The number of halogens is 1. The number of aromatic nitrogens is 3. The predicted molar refractivity (Wildman–Crippen MR) is 67.3 cm³/mol. The Morgan fingerprint density at radius 1 is 1.42 bits per heavy atom. The minimum Gasteiger partial charge on any atom is -0.460 e. The number of rotatable bonds is 4. The summed E-state index contributed by atoms with van der Waals surface area (Å²) >= 11 is 6.05. The summed E-state index contributed by atoms with van der Waals surface area (Å²) in [7, 11) is 0. The molecule has 1 heterocycles. The molecule has 2 rings (SSSR count). The summed E-state index contributed by atoms with van der Waals surface area (Å²) in [4.78, 5) is 26.8. The van der Waals surface area contributed by atoms with Crippen molar-refractivity contribution in [3.8, 4) is 5.69 Å². The van der Waals surface area contributed by atoms with Crippen LogP contribution in [0.5, 0.6) is 0 Å². The minimum absolute atomic E-state index is 0.148.